The molecule has 11 nitrogen and oxygen atoms in total. The number of aliphatic hydroxyl groups excluding tert-OH is 3. The van der Waals surface area contributed by atoms with Gasteiger partial charge in [-0.15, -0.1) is 5.10 Å². The van der Waals surface area contributed by atoms with Crippen LogP contribution in [0.5, 0.6) is 11.6 Å². The lowest BCUT2D eigenvalue weighted by atomic mass is 9.99. The summed E-state index contributed by atoms with van der Waals surface area (Å²) in [6.45, 7) is 9.41. The molecular weight excluding hydrogens is 472 g/mol. The van der Waals surface area contributed by atoms with Crippen molar-refractivity contribution in [3.05, 3.63) is 41.1 Å². The van der Waals surface area contributed by atoms with E-state index < -0.39 is 43.5 Å². The van der Waals surface area contributed by atoms with E-state index in [4.69, 9.17) is 18.9 Å². The van der Waals surface area contributed by atoms with Gasteiger partial charge in [-0.1, -0.05) is 12.1 Å². The zero-order valence-electron chi connectivity index (χ0n) is 21.5. The Bertz CT molecular complexity index is 1010. The minimum absolute atomic E-state index is 0.0359. The van der Waals surface area contributed by atoms with Gasteiger partial charge in [0.15, 0.2) is 0 Å². The predicted octanol–water partition coefficient (Wildman–Crippen LogP) is 2.12. The average Bonchev–Trinajstić information content (AvgIpc) is 3.14. The van der Waals surface area contributed by atoms with Crippen molar-refractivity contribution in [1.29, 1.82) is 0 Å². The highest BCUT2D eigenvalue weighted by Crippen LogP contribution is 2.31. The molecule has 0 saturated carbocycles. The molecule has 1 saturated heterocycles. The van der Waals surface area contributed by atoms with Gasteiger partial charge >= 0.3 is 6.16 Å². The second-order valence-electron chi connectivity index (χ2n) is 9.29. The molecule has 5 atom stereocenters. The summed E-state index contributed by atoms with van der Waals surface area (Å²) in [7, 11) is 1.14. The maximum atomic E-state index is 11.3. The third-order valence-corrected chi connectivity index (χ3v) is 5.83. The monoisotopic (exact) mass is 508 g/mol. The molecule has 3 N–H and O–H groups in total. The molecule has 0 radical (unpaired) electrons. The van der Waals surface area contributed by atoms with E-state index in [-0.39, 0.29) is 18.0 Å². The van der Waals surface area contributed by atoms with Crippen LogP contribution in [0.15, 0.2) is 24.3 Å². The lowest BCUT2D eigenvalue weighted by Gasteiger charge is -2.39. The van der Waals surface area contributed by atoms with Crippen molar-refractivity contribution in [3.8, 4) is 11.6 Å². The number of rotatable bonds is 9. The van der Waals surface area contributed by atoms with Crippen molar-refractivity contribution in [1.82, 2.24) is 9.78 Å². The summed E-state index contributed by atoms with van der Waals surface area (Å²) in [6, 6.07) is 7.75. The average molecular weight is 509 g/mol. The molecule has 0 spiro atoms. The maximum absolute atomic E-state index is 11.3. The summed E-state index contributed by atoms with van der Waals surface area (Å²) in [5.74, 6) is 0.996. The minimum atomic E-state index is -1.60. The molecule has 11 heteroatoms. The molecule has 1 aromatic carbocycles. The standard InChI is InChI=1S/C25H36N2O9/c1-13(2)27-15(5)18(11-16-7-9-17(10-8-16)34-14(3)4)23(26-27)36-24-22(30)21(29)20(28)19(35-24)12-33-25(31)32-6/h7-10,13-14,19-22,24,28-30H,11-12H2,1-6H3/t19-,20-,21+,22-,24?/m1/s1. The smallest absolute Gasteiger partial charge is 0.491 e. The van der Waals surface area contributed by atoms with Gasteiger partial charge in [0.05, 0.1) is 13.2 Å². The van der Waals surface area contributed by atoms with Gasteiger partial charge in [-0.3, -0.25) is 4.68 Å². The Labute approximate surface area is 210 Å². The van der Waals surface area contributed by atoms with Crippen molar-refractivity contribution in [2.45, 2.75) is 83.9 Å². The Balaban J connectivity index is 1.84. The number of aromatic nitrogens is 2. The number of carbonyl (C=O) groups excluding carboxylic acids is 1. The fourth-order valence-electron chi connectivity index (χ4n) is 3.96. The molecule has 0 bridgehead atoms. The minimum Gasteiger partial charge on any atom is -0.491 e. The zero-order chi connectivity index (χ0) is 26.6. The first-order chi connectivity index (χ1) is 17.0. The Morgan fingerprint density at radius 2 is 1.75 bits per heavy atom. The quantitative estimate of drug-likeness (QED) is 0.431. The van der Waals surface area contributed by atoms with Gasteiger partial charge in [0.25, 0.3) is 0 Å². The van der Waals surface area contributed by atoms with Gasteiger partial charge in [-0.2, -0.15) is 0 Å². The summed E-state index contributed by atoms with van der Waals surface area (Å²) < 4.78 is 28.4. The van der Waals surface area contributed by atoms with E-state index in [2.05, 4.69) is 9.84 Å². The van der Waals surface area contributed by atoms with Crippen molar-refractivity contribution in [2.24, 2.45) is 0 Å². The summed E-state index contributed by atoms with van der Waals surface area (Å²) in [4.78, 5) is 11.3. The van der Waals surface area contributed by atoms with Gasteiger partial charge in [-0.05, 0) is 52.3 Å². The lowest BCUT2D eigenvalue weighted by molar-refractivity contribution is -0.278. The van der Waals surface area contributed by atoms with Gasteiger partial charge in [0.2, 0.25) is 12.2 Å². The molecule has 3 rings (SSSR count). The fraction of sp³-hybridized carbons (Fsp3) is 0.600. The van der Waals surface area contributed by atoms with E-state index in [0.717, 1.165) is 29.7 Å². The van der Waals surface area contributed by atoms with E-state index in [0.29, 0.717) is 6.42 Å². The molecule has 0 aliphatic carbocycles. The number of nitrogens with zero attached hydrogens (tertiary/aromatic N) is 2. The number of methoxy groups -OCH3 is 1. The van der Waals surface area contributed by atoms with Crippen LogP contribution in [0.25, 0.3) is 0 Å². The highest BCUT2D eigenvalue weighted by atomic mass is 16.7. The maximum Gasteiger partial charge on any atom is 0.508 e. The zero-order valence-corrected chi connectivity index (χ0v) is 21.5. The number of carbonyl (C=O) groups is 1. The summed E-state index contributed by atoms with van der Waals surface area (Å²) >= 11 is 0. The number of benzene rings is 1. The highest BCUT2D eigenvalue weighted by molar-refractivity contribution is 5.59. The van der Waals surface area contributed by atoms with E-state index in [1.165, 1.54) is 0 Å². The summed E-state index contributed by atoms with van der Waals surface area (Å²) in [6.07, 6.45) is -7.62. The van der Waals surface area contributed by atoms with Crippen molar-refractivity contribution in [3.63, 3.8) is 0 Å². The van der Waals surface area contributed by atoms with E-state index in [1.54, 1.807) is 4.68 Å². The predicted molar refractivity (Wildman–Crippen MR) is 128 cm³/mol. The summed E-state index contributed by atoms with van der Waals surface area (Å²) in [5.41, 5.74) is 2.64. The van der Waals surface area contributed by atoms with Crippen LogP contribution in [-0.4, -0.2) is 81.8 Å². The SMILES string of the molecule is COC(=O)OC[C@H]1OC(Oc2nn(C(C)C)c(C)c2Cc2ccc(OC(C)C)cc2)[C@H](O)[C@@H](O)[C@@H]1O. The van der Waals surface area contributed by atoms with E-state index in [9.17, 15) is 20.1 Å². The number of hydrogen-bond acceptors (Lipinski definition) is 10. The molecular formula is C25H36N2O9. The summed E-state index contributed by atoms with van der Waals surface area (Å²) in [5, 5.41) is 35.7. The number of aliphatic hydroxyl groups is 3. The number of hydrogen-bond donors (Lipinski definition) is 3. The molecule has 36 heavy (non-hydrogen) atoms. The van der Waals surface area contributed by atoms with Crippen LogP contribution in [0.3, 0.4) is 0 Å². The van der Waals surface area contributed by atoms with Crippen LogP contribution in [0.4, 0.5) is 4.79 Å². The third-order valence-electron chi connectivity index (χ3n) is 5.83. The highest BCUT2D eigenvalue weighted by Gasteiger charge is 2.46. The molecule has 1 aromatic heterocycles. The lowest BCUT2D eigenvalue weighted by Crippen LogP contribution is -2.60. The van der Waals surface area contributed by atoms with Crippen LogP contribution < -0.4 is 9.47 Å². The van der Waals surface area contributed by atoms with Crippen LogP contribution in [0.1, 0.15) is 50.6 Å². The molecule has 1 aliphatic rings. The first-order valence-corrected chi connectivity index (χ1v) is 11.9. The van der Waals surface area contributed by atoms with E-state index in [1.807, 2.05) is 58.9 Å². The number of ether oxygens (including phenoxy) is 5. The normalized spacial score (nSPS) is 24.1. The van der Waals surface area contributed by atoms with Crippen molar-refractivity contribution >= 4 is 6.16 Å². The molecule has 1 fully saturated rings. The van der Waals surface area contributed by atoms with Crippen LogP contribution in [-0.2, 0) is 20.6 Å². The molecule has 2 heterocycles. The second kappa shape index (κ2) is 11.9. The molecule has 1 aliphatic heterocycles. The van der Waals surface area contributed by atoms with Crippen LogP contribution in [0, 0.1) is 6.92 Å². The third kappa shape index (κ3) is 6.47. The van der Waals surface area contributed by atoms with Crippen LogP contribution in [0.2, 0.25) is 0 Å². The Hall–Kier alpha value is -2.86. The molecule has 0 amide bonds. The first kappa shape index (κ1) is 27.7. The fourth-order valence-corrected chi connectivity index (χ4v) is 3.96. The van der Waals surface area contributed by atoms with Gasteiger partial charge in [-0.25, -0.2) is 4.79 Å². The van der Waals surface area contributed by atoms with Gasteiger partial charge < -0.3 is 39.0 Å². The second-order valence-corrected chi connectivity index (χ2v) is 9.29. The van der Waals surface area contributed by atoms with E-state index >= 15 is 0 Å². The topological polar surface area (TPSA) is 142 Å². The van der Waals surface area contributed by atoms with Crippen molar-refractivity contribution < 1.29 is 43.8 Å². The van der Waals surface area contributed by atoms with Crippen LogP contribution >= 0.6 is 0 Å². The molecule has 200 valence electrons. The van der Waals surface area contributed by atoms with Gasteiger partial charge in [0.1, 0.15) is 36.8 Å². The van der Waals surface area contributed by atoms with Gasteiger partial charge in [0, 0.05) is 23.7 Å². The largest absolute Gasteiger partial charge is 0.508 e. The van der Waals surface area contributed by atoms with Crippen molar-refractivity contribution in [2.75, 3.05) is 13.7 Å². The molecule has 1 unspecified atom stereocenters. The first-order valence-electron chi connectivity index (χ1n) is 11.9. The Kier molecular flexibility index (Phi) is 9.18. The molecule has 2 aromatic rings. The Morgan fingerprint density at radius 1 is 1.08 bits per heavy atom. The Morgan fingerprint density at radius 3 is 2.33 bits per heavy atom.